The normalized spacial score (nSPS) is 12.5. The van der Waals surface area contributed by atoms with Crippen LogP contribution in [0.2, 0.25) is 5.02 Å². The van der Waals surface area contributed by atoms with Gasteiger partial charge < -0.3 is 9.45 Å². The number of benzene rings is 2. The van der Waals surface area contributed by atoms with Gasteiger partial charge in [0.2, 0.25) is 0 Å². The van der Waals surface area contributed by atoms with Crippen molar-refractivity contribution in [3.05, 3.63) is 63.7 Å². The van der Waals surface area contributed by atoms with Crippen LogP contribution >= 0.6 is 11.6 Å². The fraction of sp³-hybridized carbons (Fsp3) is 0.316. The van der Waals surface area contributed by atoms with Crippen molar-refractivity contribution in [1.29, 1.82) is 0 Å². The maximum Gasteiger partial charge on any atom is 0.157 e. The molecule has 0 saturated heterocycles. The van der Waals surface area contributed by atoms with Crippen LogP contribution in [0.1, 0.15) is 29.2 Å². The second-order valence-electron chi connectivity index (χ2n) is 6.00. The Morgan fingerprint density at radius 1 is 1.28 bits per heavy atom. The lowest BCUT2D eigenvalue weighted by molar-refractivity contribution is 0.552. The van der Waals surface area contributed by atoms with Crippen LogP contribution in [0.3, 0.4) is 0 Å². The molecule has 0 amide bonds. The first-order valence-corrected chi connectivity index (χ1v) is 9.73. The van der Waals surface area contributed by atoms with E-state index in [9.17, 15) is 8.76 Å². The third-order valence-corrected chi connectivity index (χ3v) is 4.79. The largest absolute Gasteiger partial charge is 0.366 e. The molecule has 0 radical (unpaired) electrons. The molecule has 25 heavy (non-hydrogen) atoms. The molecule has 1 N–H and O–H groups in total. The number of nitrogens with zero attached hydrogens (tertiary/aromatic N) is 2. The van der Waals surface area contributed by atoms with Gasteiger partial charge in [-0.15, -0.1) is 0 Å². The fourth-order valence-electron chi connectivity index (χ4n) is 2.46. The van der Waals surface area contributed by atoms with E-state index in [-0.39, 0.29) is 5.75 Å². The predicted molar refractivity (Wildman–Crippen MR) is 106 cm³/mol. The molecule has 0 aliphatic rings. The first-order chi connectivity index (χ1) is 11.9. The van der Waals surface area contributed by atoms with Gasteiger partial charge in [-0.05, 0) is 60.7 Å². The van der Waals surface area contributed by atoms with Crippen molar-refractivity contribution >= 4 is 34.7 Å². The predicted octanol–water partition coefficient (Wildman–Crippen LogP) is 4.57. The number of hydrogen-bond acceptors (Lipinski definition) is 2. The van der Waals surface area contributed by atoms with Gasteiger partial charge in [0, 0.05) is 18.6 Å². The van der Waals surface area contributed by atoms with Crippen molar-refractivity contribution in [2.45, 2.75) is 26.0 Å². The van der Waals surface area contributed by atoms with Crippen LogP contribution in [0.5, 0.6) is 0 Å². The van der Waals surface area contributed by atoms with Gasteiger partial charge in [0.1, 0.15) is 0 Å². The quantitative estimate of drug-likeness (QED) is 0.436. The zero-order chi connectivity index (χ0) is 18.4. The minimum absolute atomic E-state index is 0.0609. The van der Waals surface area contributed by atoms with Crippen molar-refractivity contribution in [3.63, 3.8) is 0 Å². The summed E-state index contributed by atoms with van der Waals surface area (Å²) in [5.74, 6) is 0.0609. The van der Waals surface area contributed by atoms with E-state index in [1.807, 2.05) is 62.2 Å². The van der Waals surface area contributed by atoms with Gasteiger partial charge in [0.25, 0.3) is 0 Å². The van der Waals surface area contributed by atoms with Gasteiger partial charge >= 0.3 is 0 Å². The Balaban J connectivity index is 2.38. The summed E-state index contributed by atoms with van der Waals surface area (Å²) in [6, 6.07) is 11.7. The van der Waals surface area contributed by atoms with Gasteiger partial charge in [0.15, 0.2) is 11.1 Å². The summed E-state index contributed by atoms with van der Waals surface area (Å²) in [5, 5.41) is 0.704. The first kappa shape index (κ1) is 19.6. The molecule has 0 saturated carbocycles. The first-order valence-electron chi connectivity index (χ1n) is 8.07. The topological polar surface area (TPSA) is 52.9 Å². The number of hydrogen-bond donors (Lipinski definition) is 1. The molecule has 6 heteroatoms. The van der Waals surface area contributed by atoms with Crippen LogP contribution in [-0.2, 0) is 23.3 Å². The highest BCUT2D eigenvalue weighted by atomic mass is 35.5. The average Bonchev–Trinajstić information content (AvgIpc) is 2.55. The van der Waals surface area contributed by atoms with Gasteiger partial charge in [-0.3, -0.25) is 0 Å². The van der Waals surface area contributed by atoms with Crippen molar-refractivity contribution in [2.24, 2.45) is 4.99 Å². The van der Waals surface area contributed by atoms with E-state index in [1.54, 1.807) is 6.34 Å². The van der Waals surface area contributed by atoms with Crippen LogP contribution < -0.4 is 0 Å². The minimum Gasteiger partial charge on any atom is -0.366 e. The molecule has 1 unspecified atom stereocenters. The summed E-state index contributed by atoms with van der Waals surface area (Å²) >= 11 is 4.15. The standard InChI is InChI=1S/C19H23ClN2O2S/c1-4-22(3)13-21-19-8-14(2)16(11-17(19)12-25(23)24)9-15-6-5-7-18(20)10-15/h5-8,10-11,13H,4,9,12H2,1-3H3,(H,23,24). The Kier molecular flexibility index (Phi) is 7.17. The maximum atomic E-state index is 11.3. The molecule has 2 rings (SSSR count). The Bertz CT molecular complexity index is 793. The zero-order valence-electron chi connectivity index (χ0n) is 14.7. The molecule has 2 aromatic carbocycles. The summed E-state index contributed by atoms with van der Waals surface area (Å²) < 4.78 is 20.7. The number of halogens is 1. The van der Waals surface area contributed by atoms with Crippen LogP contribution in [0.4, 0.5) is 5.69 Å². The third kappa shape index (κ3) is 5.96. The molecule has 1 atom stereocenters. The van der Waals surface area contributed by atoms with Gasteiger partial charge in [-0.2, -0.15) is 0 Å². The molecular formula is C19H23ClN2O2S. The summed E-state index contributed by atoms with van der Waals surface area (Å²) in [4.78, 5) is 6.44. The highest BCUT2D eigenvalue weighted by Crippen LogP contribution is 2.27. The molecule has 0 aliphatic heterocycles. The van der Waals surface area contributed by atoms with Crippen LogP contribution in [0, 0.1) is 6.92 Å². The van der Waals surface area contributed by atoms with E-state index in [0.29, 0.717) is 5.02 Å². The lowest BCUT2D eigenvalue weighted by Gasteiger charge is -2.13. The molecule has 2 aromatic rings. The molecule has 0 aliphatic carbocycles. The summed E-state index contributed by atoms with van der Waals surface area (Å²) in [6.07, 6.45) is 2.46. The molecule has 4 nitrogen and oxygen atoms in total. The van der Waals surface area contributed by atoms with Crippen molar-refractivity contribution in [3.8, 4) is 0 Å². The Hall–Kier alpha value is -1.69. The monoisotopic (exact) mass is 378 g/mol. The van der Waals surface area contributed by atoms with Crippen molar-refractivity contribution in [1.82, 2.24) is 4.90 Å². The van der Waals surface area contributed by atoms with Gasteiger partial charge in [0.05, 0.1) is 17.8 Å². The maximum absolute atomic E-state index is 11.3. The van der Waals surface area contributed by atoms with Crippen molar-refractivity contribution in [2.75, 3.05) is 13.6 Å². The second kappa shape index (κ2) is 9.13. The smallest absolute Gasteiger partial charge is 0.157 e. The van der Waals surface area contributed by atoms with Gasteiger partial charge in [-0.25, -0.2) is 9.20 Å². The molecule has 0 aromatic heterocycles. The van der Waals surface area contributed by atoms with Crippen LogP contribution in [-0.4, -0.2) is 33.6 Å². The Morgan fingerprint density at radius 3 is 2.68 bits per heavy atom. The fourth-order valence-corrected chi connectivity index (χ4v) is 3.17. The molecular weight excluding hydrogens is 356 g/mol. The van der Waals surface area contributed by atoms with E-state index in [4.69, 9.17) is 11.6 Å². The Morgan fingerprint density at radius 2 is 2.04 bits per heavy atom. The SMILES string of the molecule is CCN(C)C=Nc1cc(C)c(Cc2cccc(Cl)c2)cc1CS(=O)O. The van der Waals surface area contributed by atoms with Crippen LogP contribution in [0.25, 0.3) is 0 Å². The van der Waals surface area contributed by atoms with E-state index >= 15 is 0 Å². The molecule has 0 heterocycles. The van der Waals surface area contributed by atoms with Crippen LogP contribution in [0.15, 0.2) is 41.4 Å². The van der Waals surface area contributed by atoms with E-state index in [2.05, 4.69) is 4.99 Å². The lowest BCUT2D eigenvalue weighted by Crippen LogP contribution is -2.14. The molecule has 0 bridgehead atoms. The Labute approximate surface area is 156 Å². The molecule has 0 fully saturated rings. The summed E-state index contributed by atoms with van der Waals surface area (Å²) in [7, 11) is 1.94. The highest BCUT2D eigenvalue weighted by molar-refractivity contribution is 7.78. The van der Waals surface area contributed by atoms with Gasteiger partial charge in [-0.1, -0.05) is 29.8 Å². The second-order valence-corrected chi connectivity index (χ2v) is 7.37. The highest BCUT2D eigenvalue weighted by Gasteiger charge is 2.10. The lowest BCUT2D eigenvalue weighted by atomic mass is 9.97. The summed E-state index contributed by atoms with van der Waals surface area (Å²) in [6.45, 7) is 4.91. The van der Waals surface area contributed by atoms with E-state index in [0.717, 1.165) is 40.9 Å². The molecule has 134 valence electrons. The summed E-state index contributed by atoms with van der Waals surface area (Å²) in [5.41, 5.74) is 4.80. The van der Waals surface area contributed by atoms with E-state index < -0.39 is 11.1 Å². The number of rotatable bonds is 7. The third-order valence-electron chi connectivity index (χ3n) is 3.99. The number of aliphatic imine (C=N–C) groups is 1. The minimum atomic E-state index is -1.92. The van der Waals surface area contributed by atoms with Crippen molar-refractivity contribution < 1.29 is 8.76 Å². The number of aryl methyl sites for hydroxylation is 1. The van der Waals surface area contributed by atoms with E-state index in [1.165, 1.54) is 0 Å². The molecule has 0 spiro atoms. The zero-order valence-corrected chi connectivity index (χ0v) is 16.3. The average molecular weight is 379 g/mol.